The number of hydroxylamine groups is 2. The van der Waals surface area contributed by atoms with Gasteiger partial charge in [0.05, 0.1) is 12.0 Å². The van der Waals surface area contributed by atoms with Gasteiger partial charge in [-0.1, -0.05) is 18.2 Å². The molecule has 1 atom stereocenters. The molecule has 24 heavy (non-hydrogen) atoms. The first-order chi connectivity index (χ1) is 11.7. The molecule has 2 aliphatic rings. The molecule has 0 aliphatic carbocycles. The van der Waals surface area contributed by atoms with Gasteiger partial charge in [-0.2, -0.15) is 0 Å². The minimum Gasteiger partial charge on any atom is -0.366 e. The number of nitrogens with zero attached hydrogens (tertiary/aromatic N) is 3. The summed E-state index contributed by atoms with van der Waals surface area (Å²) in [5.41, 5.74) is 10.6. The molecule has 2 N–H and O–H groups in total. The molecule has 2 aromatic rings. The minimum atomic E-state index is -0.678. The van der Waals surface area contributed by atoms with Crippen LogP contribution in [-0.4, -0.2) is 39.7 Å². The van der Waals surface area contributed by atoms with Crippen molar-refractivity contribution in [2.75, 3.05) is 13.1 Å². The van der Waals surface area contributed by atoms with Crippen LogP contribution in [0.15, 0.2) is 30.6 Å². The van der Waals surface area contributed by atoms with E-state index in [4.69, 9.17) is 10.6 Å². The maximum absolute atomic E-state index is 12.2. The fourth-order valence-corrected chi connectivity index (χ4v) is 3.53. The molecule has 1 saturated heterocycles. The first-order valence-corrected chi connectivity index (χ1v) is 8.58. The van der Waals surface area contributed by atoms with Gasteiger partial charge in [0.25, 0.3) is 0 Å². The van der Waals surface area contributed by atoms with Crippen LogP contribution in [-0.2, 0) is 28.9 Å². The minimum absolute atomic E-state index is 0.366. The van der Waals surface area contributed by atoms with Crippen molar-refractivity contribution in [3.63, 3.8) is 0 Å². The Labute approximate surface area is 141 Å². The molecule has 0 amide bonds. The van der Waals surface area contributed by atoms with Crippen LogP contribution in [0, 0.1) is 0 Å². The van der Waals surface area contributed by atoms with E-state index < -0.39 is 6.04 Å². The van der Waals surface area contributed by atoms with Crippen LogP contribution in [0.4, 0.5) is 0 Å². The normalized spacial score (nSPS) is 18.0. The molecule has 0 bridgehead atoms. The molecule has 6 nitrogen and oxygen atoms in total. The lowest BCUT2D eigenvalue weighted by Crippen LogP contribution is -2.39. The quantitative estimate of drug-likeness (QED) is 0.919. The van der Waals surface area contributed by atoms with Crippen molar-refractivity contribution in [3.05, 3.63) is 47.5 Å². The van der Waals surface area contributed by atoms with Crippen LogP contribution in [0.25, 0.3) is 5.69 Å². The van der Waals surface area contributed by atoms with Gasteiger partial charge in [0.1, 0.15) is 6.04 Å². The third kappa shape index (κ3) is 2.83. The monoisotopic (exact) mass is 326 g/mol. The summed E-state index contributed by atoms with van der Waals surface area (Å²) >= 11 is 0. The first kappa shape index (κ1) is 15.4. The maximum Gasteiger partial charge on any atom is 0.342 e. The van der Waals surface area contributed by atoms with E-state index in [1.54, 1.807) is 5.06 Å². The molecular weight excluding hydrogens is 304 g/mol. The largest absolute Gasteiger partial charge is 0.366 e. The van der Waals surface area contributed by atoms with Gasteiger partial charge >= 0.3 is 5.97 Å². The third-order valence-corrected chi connectivity index (χ3v) is 4.84. The highest BCUT2D eigenvalue weighted by atomic mass is 16.7. The van der Waals surface area contributed by atoms with Crippen molar-refractivity contribution < 1.29 is 9.63 Å². The summed E-state index contributed by atoms with van der Waals surface area (Å²) in [7, 11) is 0. The fraction of sp³-hybridized carbons (Fsp3) is 0.444. The van der Waals surface area contributed by atoms with Gasteiger partial charge in [0.15, 0.2) is 0 Å². The summed E-state index contributed by atoms with van der Waals surface area (Å²) in [6.07, 6.45) is 6.29. The molecule has 0 spiro atoms. The topological polar surface area (TPSA) is 73.4 Å². The van der Waals surface area contributed by atoms with E-state index in [9.17, 15) is 4.79 Å². The Morgan fingerprint density at radius 2 is 2.04 bits per heavy atom. The Morgan fingerprint density at radius 1 is 1.25 bits per heavy atom. The van der Waals surface area contributed by atoms with E-state index in [0.29, 0.717) is 6.42 Å². The molecule has 1 unspecified atom stereocenters. The van der Waals surface area contributed by atoms with E-state index in [0.717, 1.165) is 50.2 Å². The molecular formula is C18H22N4O2. The number of nitrogens with two attached hydrogens (primary N) is 1. The lowest BCUT2D eigenvalue weighted by atomic mass is 9.99. The average Bonchev–Trinajstić information content (AvgIpc) is 3.25. The molecule has 0 radical (unpaired) electrons. The molecule has 1 aromatic heterocycles. The zero-order valence-electron chi connectivity index (χ0n) is 13.6. The SMILES string of the molecule is NC(Cc1ncn2c1CCc1ccccc1-2)C(=O)ON1CCCC1. The number of para-hydroxylation sites is 1. The summed E-state index contributed by atoms with van der Waals surface area (Å²) in [6.45, 7) is 1.60. The van der Waals surface area contributed by atoms with Crippen LogP contribution >= 0.6 is 0 Å². The van der Waals surface area contributed by atoms with Gasteiger partial charge in [0, 0.05) is 30.9 Å². The molecule has 1 aromatic carbocycles. The molecule has 0 saturated carbocycles. The van der Waals surface area contributed by atoms with Crippen LogP contribution in [0.3, 0.4) is 0 Å². The molecule has 126 valence electrons. The highest BCUT2D eigenvalue weighted by molar-refractivity contribution is 5.75. The lowest BCUT2D eigenvalue weighted by molar-refractivity contribution is -0.186. The van der Waals surface area contributed by atoms with Crippen molar-refractivity contribution in [2.45, 2.75) is 38.1 Å². The fourth-order valence-electron chi connectivity index (χ4n) is 3.53. The second kappa shape index (κ2) is 6.37. The maximum atomic E-state index is 12.2. The van der Waals surface area contributed by atoms with Gasteiger partial charge in [-0.3, -0.25) is 0 Å². The number of benzene rings is 1. The zero-order chi connectivity index (χ0) is 16.5. The van der Waals surface area contributed by atoms with E-state index in [2.05, 4.69) is 27.8 Å². The second-order valence-corrected chi connectivity index (χ2v) is 6.49. The smallest absolute Gasteiger partial charge is 0.342 e. The van der Waals surface area contributed by atoms with Crippen LogP contribution in [0.1, 0.15) is 29.8 Å². The molecule has 2 aliphatic heterocycles. The number of rotatable bonds is 4. The van der Waals surface area contributed by atoms with Crippen LogP contribution < -0.4 is 5.73 Å². The predicted molar refractivity (Wildman–Crippen MR) is 89.6 cm³/mol. The van der Waals surface area contributed by atoms with Gasteiger partial charge in [-0.15, -0.1) is 5.06 Å². The number of aromatic nitrogens is 2. The van der Waals surface area contributed by atoms with Crippen molar-refractivity contribution >= 4 is 5.97 Å². The van der Waals surface area contributed by atoms with Crippen LogP contribution in [0.5, 0.6) is 0 Å². The van der Waals surface area contributed by atoms with E-state index >= 15 is 0 Å². The van der Waals surface area contributed by atoms with Crippen LogP contribution in [0.2, 0.25) is 0 Å². The van der Waals surface area contributed by atoms with Crippen molar-refractivity contribution in [1.29, 1.82) is 0 Å². The Morgan fingerprint density at radius 3 is 2.88 bits per heavy atom. The number of hydrogen-bond donors (Lipinski definition) is 1. The molecule has 1 fully saturated rings. The standard InChI is InChI=1S/C18H22N4O2/c19-14(18(23)24-21-9-3-4-10-21)11-15-17-8-7-13-5-1-2-6-16(13)22(17)12-20-15/h1-2,5-6,12,14H,3-4,7-11,19H2. The predicted octanol–water partition coefficient (Wildman–Crippen LogP) is 1.39. The number of carbonyl (C=O) groups excluding carboxylic acids is 1. The first-order valence-electron chi connectivity index (χ1n) is 8.58. The molecule has 4 rings (SSSR count). The summed E-state index contributed by atoms with van der Waals surface area (Å²) in [5, 5.41) is 1.71. The van der Waals surface area contributed by atoms with Gasteiger partial charge in [-0.05, 0) is 37.3 Å². The Bertz CT molecular complexity index is 749. The van der Waals surface area contributed by atoms with E-state index in [1.165, 1.54) is 11.3 Å². The summed E-state index contributed by atoms with van der Waals surface area (Å²) in [5.74, 6) is -0.366. The molecule has 3 heterocycles. The summed E-state index contributed by atoms with van der Waals surface area (Å²) in [4.78, 5) is 22.0. The number of imidazole rings is 1. The number of carbonyl (C=O) groups is 1. The highest BCUT2D eigenvalue weighted by Crippen LogP contribution is 2.26. The third-order valence-electron chi connectivity index (χ3n) is 4.84. The van der Waals surface area contributed by atoms with Crippen molar-refractivity contribution in [1.82, 2.24) is 14.6 Å². The number of fused-ring (bicyclic) bond motifs is 3. The van der Waals surface area contributed by atoms with Crippen molar-refractivity contribution in [3.8, 4) is 5.69 Å². The highest BCUT2D eigenvalue weighted by Gasteiger charge is 2.25. The van der Waals surface area contributed by atoms with E-state index in [-0.39, 0.29) is 5.97 Å². The Kier molecular flexibility index (Phi) is 4.08. The number of aryl methyl sites for hydroxylation is 1. The average molecular weight is 326 g/mol. The second-order valence-electron chi connectivity index (χ2n) is 6.49. The summed E-state index contributed by atoms with van der Waals surface area (Å²) < 4.78 is 2.12. The van der Waals surface area contributed by atoms with Crippen molar-refractivity contribution in [2.24, 2.45) is 5.73 Å². The lowest BCUT2D eigenvalue weighted by Gasteiger charge is -2.20. The Hall–Kier alpha value is -2.18. The molecule has 6 heteroatoms. The van der Waals surface area contributed by atoms with Gasteiger partial charge < -0.3 is 15.1 Å². The Balaban J connectivity index is 1.48. The van der Waals surface area contributed by atoms with E-state index in [1.807, 2.05) is 12.4 Å². The van der Waals surface area contributed by atoms with Gasteiger partial charge in [0.2, 0.25) is 0 Å². The van der Waals surface area contributed by atoms with Gasteiger partial charge in [-0.25, -0.2) is 9.78 Å². The zero-order valence-corrected chi connectivity index (χ0v) is 13.6. The summed E-state index contributed by atoms with van der Waals surface area (Å²) in [6, 6.07) is 7.67. The number of hydrogen-bond acceptors (Lipinski definition) is 5.